The summed E-state index contributed by atoms with van der Waals surface area (Å²) in [6.07, 6.45) is 2.53. The highest BCUT2D eigenvalue weighted by atomic mass is 32.2. The Kier molecular flexibility index (Phi) is 7.64. The summed E-state index contributed by atoms with van der Waals surface area (Å²) in [7, 11) is 0. The summed E-state index contributed by atoms with van der Waals surface area (Å²) >= 11 is 1.43. The Morgan fingerprint density at radius 1 is 1.07 bits per heavy atom. The van der Waals surface area contributed by atoms with Crippen molar-refractivity contribution in [2.24, 2.45) is 0 Å². The predicted octanol–water partition coefficient (Wildman–Crippen LogP) is 4.20. The summed E-state index contributed by atoms with van der Waals surface area (Å²) < 4.78 is 2.03. The SMILES string of the molecule is C=CCn1c(Cc2ccccc2)nnc1SCC(=O)N(CC)Cc1ccccc1. The summed E-state index contributed by atoms with van der Waals surface area (Å²) in [6, 6.07) is 20.2. The normalized spacial score (nSPS) is 10.7. The molecule has 0 saturated heterocycles. The van der Waals surface area contributed by atoms with Crippen molar-refractivity contribution in [1.82, 2.24) is 19.7 Å². The summed E-state index contributed by atoms with van der Waals surface area (Å²) in [6.45, 7) is 7.76. The van der Waals surface area contributed by atoms with Gasteiger partial charge in [-0.15, -0.1) is 16.8 Å². The molecule has 0 aliphatic rings. The molecule has 0 N–H and O–H groups in total. The number of benzene rings is 2. The molecule has 0 aliphatic carbocycles. The monoisotopic (exact) mass is 406 g/mol. The zero-order chi connectivity index (χ0) is 20.5. The first-order valence-corrected chi connectivity index (χ1v) is 10.7. The molecule has 29 heavy (non-hydrogen) atoms. The minimum Gasteiger partial charge on any atom is -0.338 e. The van der Waals surface area contributed by atoms with Crippen LogP contribution in [0.1, 0.15) is 23.9 Å². The third-order valence-corrected chi connectivity index (χ3v) is 5.54. The van der Waals surface area contributed by atoms with Crippen molar-refractivity contribution >= 4 is 17.7 Å². The fourth-order valence-electron chi connectivity index (χ4n) is 3.05. The van der Waals surface area contributed by atoms with Gasteiger partial charge in [0.1, 0.15) is 5.82 Å². The quantitative estimate of drug-likeness (QED) is 0.374. The zero-order valence-corrected chi connectivity index (χ0v) is 17.5. The number of carbonyl (C=O) groups is 1. The molecule has 1 amide bonds. The van der Waals surface area contributed by atoms with Crippen molar-refractivity contribution < 1.29 is 4.79 Å². The first-order valence-electron chi connectivity index (χ1n) is 9.72. The minimum atomic E-state index is 0.0964. The van der Waals surface area contributed by atoms with Crippen LogP contribution < -0.4 is 0 Å². The van der Waals surface area contributed by atoms with Gasteiger partial charge < -0.3 is 9.47 Å². The van der Waals surface area contributed by atoms with Crippen LogP contribution >= 0.6 is 11.8 Å². The molecule has 0 unspecified atom stereocenters. The smallest absolute Gasteiger partial charge is 0.233 e. The second-order valence-corrected chi connectivity index (χ2v) is 7.59. The van der Waals surface area contributed by atoms with Crippen LogP contribution in [0.3, 0.4) is 0 Å². The van der Waals surface area contributed by atoms with Gasteiger partial charge in [0.2, 0.25) is 5.91 Å². The number of hydrogen-bond donors (Lipinski definition) is 0. The van der Waals surface area contributed by atoms with Gasteiger partial charge >= 0.3 is 0 Å². The van der Waals surface area contributed by atoms with Crippen molar-refractivity contribution in [2.45, 2.75) is 31.6 Å². The largest absolute Gasteiger partial charge is 0.338 e. The van der Waals surface area contributed by atoms with Gasteiger partial charge in [-0.1, -0.05) is 78.5 Å². The average molecular weight is 407 g/mol. The first kappa shape index (κ1) is 20.9. The van der Waals surface area contributed by atoms with Gasteiger partial charge in [0.05, 0.1) is 5.75 Å². The van der Waals surface area contributed by atoms with E-state index in [2.05, 4.69) is 28.9 Å². The molecule has 5 nitrogen and oxygen atoms in total. The van der Waals surface area contributed by atoms with E-state index in [-0.39, 0.29) is 5.91 Å². The van der Waals surface area contributed by atoms with Crippen molar-refractivity contribution in [3.05, 3.63) is 90.3 Å². The van der Waals surface area contributed by atoms with Crippen LogP contribution in [-0.4, -0.2) is 37.9 Å². The highest BCUT2D eigenvalue weighted by Crippen LogP contribution is 2.20. The minimum absolute atomic E-state index is 0.0964. The molecule has 1 heterocycles. The van der Waals surface area contributed by atoms with Gasteiger partial charge in [-0.25, -0.2) is 0 Å². The molecule has 0 spiro atoms. The second kappa shape index (κ2) is 10.6. The number of allylic oxidation sites excluding steroid dienone is 1. The topological polar surface area (TPSA) is 51.0 Å². The standard InChI is InChI=1S/C23H26N4OS/c1-3-15-27-21(16-19-11-7-5-8-12-19)24-25-23(27)29-18-22(28)26(4-2)17-20-13-9-6-10-14-20/h3,5-14H,1,4,15-18H2,2H3. The molecular formula is C23H26N4OS. The lowest BCUT2D eigenvalue weighted by molar-refractivity contribution is -0.128. The third kappa shape index (κ3) is 5.81. The molecule has 3 rings (SSSR count). The van der Waals surface area contributed by atoms with Gasteiger partial charge in [0.25, 0.3) is 0 Å². The van der Waals surface area contributed by atoms with Gasteiger partial charge in [-0.05, 0) is 18.1 Å². The van der Waals surface area contributed by atoms with Crippen LogP contribution in [0.15, 0.2) is 78.5 Å². The van der Waals surface area contributed by atoms with Gasteiger partial charge in [0.15, 0.2) is 5.16 Å². The number of carbonyl (C=O) groups excluding carboxylic acids is 1. The lowest BCUT2D eigenvalue weighted by Crippen LogP contribution is -2.31. The molecule has 0 atom stereocenters. The van der Waals surface area contributed by atoms with Crippen LogP contribution in [0.2, 0.25) is 0 Å². The Morgan fingerprint density at radius 3 is 2.34 bits per heavy atom. The van der Waals surface area contributed by atoms with E-state index in [1.54, 1.807) is 0 Å². The molecule has 0 radical (unpaired) electrons. The molecular weight excluding hydrogens is 380 g/mol. The van der Waals surface area contributed by atoms with Crippen LogP contribution in [0, 0.1) is 0 Å². The predicted molar refractivity (Wildman–Crippen MR) is 118 cm³/mol. The lowest BCUT2D eigenvalue weighted by Gasteiger charge is -2.20. The fraction of sp³-hybridized carbons (Fsp3) is 0.261. The van der Waals surface area contributed by atoms with Crippen molar-refractivity contribution in [3.63, 3.8) is 0 Å². The Balaban J connectivity index is 1.66. The van der Waals surface area contributed by atoms with Crippen LogP contribution in [-0.2, 0) is 24.3 Å². The zero-order valence-electron chi connectivity index (χ0n) is 16.7. The maximum Gasteiger partial charge on any atom is 0.233 e. The van der Waals surface area contributed by atoms with E-state index in [1.165, 1.54) is 17.3 Å². The number of hydrogen-bond acceptors (Lipinski definition) is 4. The summed E-state index contributed by atoms with van der Waals surface area (Å²) in [5.41, 5.74) is 2.31. The van der Waals surface area contributed by atoms with E-state index in [1.807, 2.05) is 71.0 Å². The molecule has 0 saturated carbocycles. The molecule has 6 heteroatoms. The maximum absolute atomic E-state index is 12.7. The summed E-state index contributed by atoms with van der Waals surface area (Å²) in [5.74, 6) is 1.31. The summed E-state index contributed by atoms with van der Waals surface area (Å²) in [5, 5.41) is 9.44. The molecule has 3 aromatic rings. The second-order valence-electron chi connectivity index (χ2n) is 6.64. The Labute approximate surface area is 176 Å². The summed E-state index contributed by atoms with van der Waals surface area (Å²) in [4.78, 5) is 14.6. The van der Waals surface area contributed by atoms with E-state index in [0.717, 1.165) is 16.5 Å². The first-order chi connectivity index (χ1) is 14.2. The van der Waals surface area contributed by atoms with E-state index in [4.69, 9.17) is 0 Å². The van der Waals surface area contributed by atoms with E-state index in [0.29, 0.717) is 31.8 Å². The number of amides is 1. The highest BCUT2D eigenvalue weighted by Gasteiger charge is 2.17. The molecule has 1 aromatic heterocycles. The van der Waals surface area contributed by atoms with Gasteiger partial charge in [0, 0.05) is 26.1 Å². The average Bonchev–Trinajstić information content (AvgIpc) is 3.13. The number of thioether (sulfide) groups is 1. The maximum atomic E-state index is 12.7. The Morgan fingerprint density at radius 2 is 1.72 bits per heavy atom. The molecule has 150 valence electrons. The highest BCUT2D eigenvalue weighted by molar-refractivity contribution is 7.99. The van der Waals surface area contributed by atoms with E-state index in [9.17, 15) is 4.79 Å². The Bertz CT molecular complexity index is 925. The van der Waals surface area contributed by atoms with Crippen molar-refractivity contribution in [3.8, 4) is 0 Å². The fourth-order valence-corrected chi connectivity index (χ4v) is 3.91. The number of rotatable bonds is 10. The van der Waals surface area contributed by atoms with Crippen molar-refractivity contribution in [1.29, 1.82) is 0 Å². The van der Waals surface area contributed by atoms with Crippen molar-refractivity contribution in [2.75, 3.05) is 12.3 Å². The molecule has 0 fully saturated rings. The van der Waals surface area contributed by atoms with Gasteiger partial charge in [-0.3, -0.25) is 4.79 Å². The number of nitrogens with zero attached hydrogens (tertiary/aromatic N) is 4. The molecule has 0 aliphatic heterocycles. The number of aromatic nitrogens is 3. The third-order valence-electron chi connectivity index (χ3n) is 4.59. The van der Waals surface area contributed by atoms with Gasteiger partial charge in [-0.2, -0.15) is 0 Å². The molecule has 2 aromatic carbocycles. The Hall–Kier alpha value is -2.86. The van der Waals surface area contributed by atoms with E-state index >= 15 is 0 Å². The lowest BCUT2D eigenvalue weighted by atomic mass is 10.1. The van der Waals surface area contributed by atoms with Crippen LogP contribution in [0.4, 0.5) is 0 Å². The molecule has 0 bridgehead atoms. The van der Waals surface area contributed by atoms with Crippen LogP contribution in [0.25, 0.3) is 0 Å². The van der Waals surface area contributed by atoms with Crippen LogP contribution in [0.5, 0.6) is 0 Å². The van der Waals surface area contributed by atoms with E-state index < -0.39 is 0 Å².